The number of anilines is 1. The van der Waals surface area contributed by atoms with Crippen LogP contribution in [0.2, 0.25) is 0 Å². The topological polar surface area (TPSA) is 81.0 Å². The van der Waals surface area contributed by atoms with Crippen molar-refractivity contribution >= 4 is 11.8 Å². The molecule has 0 aromatic carbocycles. The predicted molar refractivity (Wildman–Crippen MR) is 54.4 cm³/mol. The quantitative estimate of drug-likeness (QED) is 0.719. The third-order valence-corrected chi connectivity index (χ3v) is 1.84. The van der Waals surface area contributed by atoms with Crippen LogP contribution in [0.15, 0.2) is 36.8 Å². The molecule has 0 unspecified atom stereocenters. The van der Waals surface area contributed by atoms with E-state index in [0.717, 1.165) is 0 Å². The second-order valence-electron chi connectivity index (χ2n) is 2.88. The van der Waals surface area contributed by atoms with E-state index >= 15 is 0 Å². The lowest BCUT2D eigenvalue weighted by molar-refractivity contribution is 0.0735. The molecule has 5 nitrogen and oxygen atoms in total. The van der Waals surface area contributed by atoms with Crippen LogP contribution in [0.25, 0.3) is 0 Å². The van der Waals surface area contributed by atoms with Crippen molar-refractivity contribution in [3.05, 3.63) is 42.4 Å². The highest BCUT2D eigenvalue weighted by Crippen LogP contribution is 2.13. The van der Waals surface area contributed by atoms with Crippen LogP contribution < -0.4 is 10.5 Å². The van der Waals surface area contributed by atoms with Crippen LogP contribution >= 0.6 is 0 Å². The molecule has 0 fully saturated rings. The third-order valence-electron chi connectivity index (χ3n) is 1.84. The molecule has 0 bridgehead atoms. The zero-order chi connectivity index (χ0) is 10.7. The van der Waals surface area contributed by atoms with Crippen LogP contribution in [0.3, 0.4) is 0 Å². The summed E-state index contributed by atoms with van der Waals surface area (Å²) in [5, 5.41) is 0. The minimum atomic E-state index is -0.498. The van der Waals surface area contributed by atoms with E-state index in [1.807, 2.05) is 0 Å². The molecule has 0 atom stereocenters. The Hall–Kier alpha value is -2.30. The van der Waals surface area contributed by atoms with Crippen LogP contribution in [0, 0.1) is 0 Å². The average molecular weight is 203 g/mol. The van der Waals surface area contributed by atoms with Crippen LogP contribution in [0.4, 0.5) is 5.82 Å². The van der Waals surface area contributed by atoms with Gasteiger partial charge in [0.2, 0.25) is 0 Å². The van der Waals surface area contributed by atoms with Crippen molar-refractivity contribution in [2.24, 2.45) is 0 Å². The van der Waals surface area contributed by atoms with Gasteiger partial charge in [0.15, 0.2) is 0 Å². The fraction of sp³-hybridized carbons (Fsp3) is 0. The fourth-order valence-corrected chi connectivity index (χ4v) is 1.13. The first-order valence-electron chi connectivity index (χ1n) is 4.32. The monoisotopic (exact) mass is 203 g/mol. The van der Waals surface area contributed by atoms with E-state index in [4.69, 9.17) is 10.5 Å². The summed E-state index contributed by atoms with van der Waals surface area (Å²) in [4.78, 5) is 18.1. The molecule has 0 spiro atoms. The van der Waals surface area contributed by atoms with Crippen molar-refractivity contribution in [3.63, 3.8) is 0 Å². The Morgan fingerprint density at radius 2 is 2.33 bits per heavy atom. The number of aromatic amines is 1. The van der Waals surface area contributed by atoms with Gasteiger partial charge in [-0.15, -0.1) is 0 Å². The molecule has 15 heavy (non-hydrogen) atoms. The zero-order valence-corrected chi connectivity index (χ0v) is 7.81. The molecule has 0 aliphatic heterocycles. The van der Waals surface area contributed by atoms with Crippen LogP contribution in [-0.4, -0.2) is 15.9 Å². The van der Waals surface area contributed by atoms with E-state index in [1.54, 1.807) is 30.6 Å². The van der Waals surface area contributed by atoms with E-state index in [1.165, 1.54) is 6.20 Å². The summed E-state index contributed by atoms with van der Waals surface area (Å²) >= 11 is 0. The number of nitrogens with two attached hydrogens (primary N) is 1. The molecule has 0 saturated heterocycles. The van der Waals surface area contributed by atoms with E-state index in [0.29, 0.717) is 17.1 Å². The van der Waals surface area contributed by atoms with Gasteiger partial charge in [0, 0.05) is 12.4 Å². The molecule has 0 amide bonds. The van der Waals surface area contributed by atoms with E-state index in [2.05, 4.69) is 9.97 Å². The summed E-state index contributed by atoms with van der Waals surface area (Å²) in [5.41, 5.74) is 5.84. The molecule has 2 heterocycles. The SMILES string of the molecule is Nc1[nH]ccc1C(=O)Oc1cccnc1. The Kier molecular flexibility index (Phi) is 2.37. The number of carbonyl (C=O) groups is 1. The minimum absolute atomic E-state index is 0.295. The highest BCUT2D eigenvalue weighted by Gasteiger charge is 2.12. The van der Waals surface area contributed by atoms with Gasteiger partial charge in [-0.25, -0.2) is 4.79 Å². The number of ether oxygens (including phenoxy) is 1. The summed E-state index contributed by atoms with van der Waals surface area (Å²) in [6.45, 7) is 0. The van der Waals surface area contributed by atoms with Crippen LogP contribution in [-0.2, 0) is 0 Å². The first kappa shape index (κ1) is 9.26. The number of hydrogen-bond acceptors (Lipinski definition) is 4. The highest BCUT2D eigenvalue weighted by atomic mass is 16.5. The second kappa shape index (κ2) is 3.83. The van der Waals surface area contributed by atoms with Crippen molar-refractivity contribution < 1.29 is 9.53 Å². The molecule has 76 valence electrons. The average Bonchev–Trinajstić information content (AvgIpc) is 2.66. The number of nitrogen functional groups attached to an aromatic ring is 1. The molecular formula is C10H9N3O2. The predicted octanol–water partition coefficient (Wildman–Crippen LogP) is 1.21. The van der Waals surface area contributed by atoms with Crippen molar-refractivity contribution in [1.29, 1.82) is 0 Å². The molecule has 0 radical (unpaired) electrons. The number of aromatic nitrogens is 2. The van der Waals surface area contributed by atoms with Gasteiger partial charge in [0.25, 0.3) is 0 Å². The number of nitrogens with one attached hydrogen (secondary N) is 1. The molecule has 3 N–H and O–H groups in total. The molecule has 0 aliphatic rings. The normalized spacial score (nSPS) is 9.87. The van der Waals surface area contributed by atoms with Gasteiger partial charge in [0.05, 0.1) is 6.20 Å². The standard InChI is InChI=1S/C10H9N3O2/c11-9-8(3-5-13-9)10(14)15-7-2-1-4-12-6-7/h1-6,13H,11H2. The maximum atomic E-state index is 11.5. The Morgan fingerprint density at radius 3 is 2.93 bits per heavy atom. The smallest absolute Gasteiger partial charge is 0.347 e. The number of pyridine rings is 1. The number of H-pyrrole nitrogens is 1. The van der Waals surface area contributed by atoms with Gasteiger partial charge < -0.3 is 15.5 Å². The van der Waals surface area contributed by atoms with Crippen LogP contribution in [0.5, 0.6) is 5.75 Å². The molecule has 5 heteroatoms. The zero-order valence-electron chi connectivity index (χ0n) is 7.81. The largest absolute Gasteiger partial charge is 0.421 e. The fourth-order valence-electron chi connectivity index (χ4n) is 1.13. The van der Waals surface area contributed by atoms with Gasteiger partial charge in [-0.3, -0.25) is 4.98 Å². The Balaban J connectivity index is 2.15. The minimum Gasteiger partial charge on any atom is -0.421 e. The van der Waals surface area contributed by atoms with E-state index in [9.17, 15) is 4.79 Å². The summed E-state index contributed by atoms with van der Waals surface area (Å²) in [7, 11) is 0. The van der Waals surface area contributed by atoms with E-state index in [-0.39, 0.29) is 0 Å². The van der Waals surface area contributed by atoms with Crippen molar-refractivity contribution in [3.8, 4) is 5.75 Å². The highest BCUT2D eigenvalue weighted by molar-refractivity contribution is 5.95. The summed E-state index contributed by atoms with van der Waals surface area (Å²) in [6, 6.07) is 4.89. The first-order valence-corrected chi connectivity index (χ1v) is 4.32. The second-order valence-corrected chi connectivity index (χ2v) is 2.88. The first-order chi connectivity index (χ1) is 7.27. The Bertz CT molecular complexity index is 465. The molecule has 2 aromatic heterocycles. The van der Waals surface area contributed by atoms with Gasteiger partial charge >= 0.3 is 5.97 Å². The molecule has 0 aliphatic carbocycles. The maximum Gasteiger partial charge on any atom is 0.347 e. The van der Waals surface area contributed by atoms with Gasteiger partial charge in [-0.05, 0) is 18.2 Å². The molecule has 2 aromatic rings. The Morgan fingerprint density at radius 1 is 1.47 bits per heavy atom. The molecular weight excluding hydrogens is 194 g/mol. The molecule has 0 saturated carbocycles. The van der Waals surface area contributed by atoms with Gasteiger partial charge in [-0.1, -0.05) is 0 Å². The summed E-state index contributed by atoms with van der Waals surface area (Å²) in [5.74, 6) is 0.189. The summed E-state index contributed by atoms with van der Waals surface area (Å²) < 4.78 is 5.04. The van der Waals surface area contributed by atoms with Crippen molar-refractivity contribution in [2.45, 2.75) is 0 Å². The lowest BCUT2D eigenvalue weighted by atomic mass is 10.3. The number of rotatable bonds is 2. The van der Waals surface area contributed by atoms with Gasteiger partial charge in [-0.2, -0.15) is 0 Å². The lowest BCUT2D eigenvalue weighted by Crippen LogP contribution is -2.09. The van der Waals surface area contributed by atoms with E-state index < -0.39 is 5.97 Å². The number of carbonyl (C=O) groups excluding carboxylic acids is 1. The maximum absolute atomic E-state index is 11.5. The van der Waals surface area contributed by atoms with Crippen LogP contribution in [0.1, 0.15) is 10.4 Å². The summed E-state index contributed by atoms with van der Waals surface area (Å²) in [6.07, 6.45) is 4.64. The number of hydrogen-bond donors (Lipinski definition) is 2. The lowest BCUT2D eigenvalue weighted by Gasteiger charge is -2.02. The third kappa shape index (κ3) is 1.96. The number of nitrogens with zero attached hydrogens (tertiary/aromatic N) is 1. The van der Waals surface area contributed by atoms with Crippen molar-refractivity contribution in [1.82, 2.24) is 9.97 Å². The Labute approximate surface area is 85.9 Å². The number of esters is 1. The van der Waals surface area contributed by atoms with Gasteiger partial charge in [0.1, 0.15) is 17.1 Å². The molecule has 2 rings (SSSR count). The van der Waals surface area contributed by atoms with Crippen molar-refractivity contribution in [2.75, 3.05) is 5.73 Å².